The molecule has 1 fully saturated rings. The summed E-state index contributed by atoms with van der Waals surface area (Å²) in [5.41, 5.74) is 3.40. The quantitative estimate of drug-likeness (QED) is 0.802. The van der Waals surface area contributed by atoms with Gasteiger partial charge in [0.25, 0.3) is 0 Å². The smallest absolute Gasteiger partial charge is 0.167 e. The second-order valence-corrected chi connectivity index (χ2v) is 6.22. The zero-order chi connectivity index (χ0) is 14.4. The molecule has 0 bridgehead atoms. The van der Waals surface area contributed by atoms with Crippen LogP contribution < -0.4 is 4.90 Å². The van der Waals surface area contributed by atoms with Gasteiger partial charge in [0.1, 0.15) is 0 Å². The van der Waals surface area contributed by atoms with Gasteiger partial charge >= 0.3 is 0 Å². The highest BCUT2D eigenvalue weighted by Gasteiger charge is 2.24. The monoisotopic (exact) mass is 280 g/mol. The van der Waals surface area contributed by atoms with Crippen molar-refractivity contribution in [3.63, 3.8) is 0 Å². The molecule has 21 heavy (non-hydrogen) atoms. The number of rotatable bonds is 1. The van der Waals surface area contributed by atoms with Crippen LogP contribution in [-0.4, -0.2) is 43.9 Å². The highest BCUT2D eigenvalue weighted by molar-refractivity contribution is 6.18. The van der Waals surface area contributed by atoms with Crippen LogP contribution in [0.2, 0.25) is 0 Å². The lowest BCUT2D eigenvalue weighted by molar-refractivity contribution is 0.1000. The summed E-state index contributed by atoms with van der Waals surface area (Å²) in [4.78, 5) is 17.0. The molecule has 0 unspecified atom stereocenters. The Morgan fingerprint density at radius 1 is 1.00 bits per heavy atom. The predicted molar refractivity (Wildman–Crippen MR) is 86.3 cm³/mol. The number of hydrogen-bond donors (Lipinski definition) is 0. The largest absolute Gasteiger partial charge is 0.370 e. The molecule has 1 aliphatic carbocycles. The molecule has 0 saturated carbocycles. The van der Waals surface area contributed by atoms with Crippen molar-refractivity contribution in [2.45, 2.75) is 12.8 Å². The van der Waals surface area contributed by atoms with E-state index in [-0.39, 0.29) is 5.78 Å². The van der Waals surface area contributed by atoms with Crippen molar-refractivity contribution in [2.75, 3.05) is 38.1 Å². The molecular weight excluding hydrogens is 260 g/mol. The van der Waals surface area contributed by atoms with Crippen molar-refractivity contribution in [3.8, 4) is 0 Å². The molecule has 0 N–H and O–H groups in total. The van der Waals surface area contributed by atoms with Gasteiger partial charge in [0.2, 0.25) is 0 Å². The van der Waals surface area contributed by atoms with Crippen molar-refractivity contribution in [2.24, 2.45) is 0 Å². The number of nitrogens with zero attached hydrogens (tertiary/aromatic N) is 2. The third kappa shape index (κ3) is 2.04. The third-order valence-electron chi connectivity index (χ3n) is 4.82. The van der Waals surface area contributed by atoms with E-state index in [1.807, 2.05) is 6.07 Å². The van der Waals surface area contributed by atoms with Crippen LogP contribution in [0.1, 0.15) is 22.3 Å². The second-order valence-electron chi connectivity index (χ2n) is 6.22. The molecular formula is C18H20N2O. The average molecular weight is 280 g/mol. The van der Waals surface area contributed by atoms with E-state index in [9.17, 15) is 4.79 Å². The molecule has 2 aliphatic rings. The van der Waals surface area contributed by atoms with E-state index >= 15 is 0 Å². The highest BCUT2D eigenvalue weighted by atomic mass is 16.1. The molecule has 1 heterocycles. The van der Waals surface area contributed by atoms with Crippen molar-refractivity contribution in [3.05, 3.63) is 41.5 Å². The number of anilines is 1. The van der Waals surface area contributed by atoms with Gasteiger partial charge in [-0.15, -0.1) is 0 Å². The maximum atomic E-state index is 12.1. The van der Waals surface area contributed by atoms with Crippen molar-refractivity contribution in [1.29, 1.82) is 0 Å². The number of carbonyl (C=O) groups excluding carboxylic acids is 1. The first-order chi connectivity index (χ1) is 10.2. The van der Waals surface area contributed by atoms with Gasteiger partial charge in [-0.05, 0) is 43.1 Å². The van der Waals surface area contributed by atoms with Gasteiger partial charge in [-0.2, -0.15) is 0 Å². The average Bonchev–Trinajstić information content (AvgIpc) is 2.67. The number of ketones is 1. The second kappa shape index (κ2) is 4.85. The van der Waals surface area contributed by atoms with Crippen LogP contribution in [0, 0.1) is 0 Å². The maximum absolute atomic E-state index is 12.1. The van der Waals surface area contributed by atoms with Crippen LogP contribution in [0.15, 0.2) is 30.3 Å². The van der Waals surface area contributed by atoms with Gasteiger partial charge in [0.15, 0.2) is 5.78 Å². The predicted octanol–water partition coefficient (Wildman–Crippen LogP) is 2.72. The summed E-state index contributed by atoms with van der Waals surface area (Å²) >= 11 is 0. The molecule has 0 amide bonds. The molecule has 4 rings (SSSR count). The molecule has 2 aromatic rings. The van der Waals surface area contributed by atoms with Gasteiger partial charge in [0.05, 0.1) is 0 Å². The number of Topliss-reactive ketones (excluding diaryl/α,β-unsaturated/α-hetero) is 1. The molecule has 108 valence electrons. The molecule has 1 aliphatic heterocycles. The lowest BCUT2D eigenvalue weighted by atomic mass is 10.0. The van der Waals surface area contributed by atoms with Gasteiger partial charge in [-0.3, -0.25) is 4.79 Å². The van der Waals surface area contributed by atoms with Crippen molar-refractivity contribution >= 4 is 22.2 Å². The fourth-order valence-corrected chi connectivity index (χ4v) is 3.68. The van der Waals surface area contributed by atoms with Gasteiger partial charge < -0.3 is 9.80 Å². The van der Waals surface area contributed by atoms with Gasteiger partial charge in [-0.1, -0.05) is 18.2 Å². The lowest BCUT2D eigenvalue weighted by Gasteiger charge is -2.24. The van der Waals surface area contributed by atoms with Crippen LogP contribution in [-0.2, 0) is 6.42 Å². The standard InChI is InChI=1S/C18H20N2O/c1-19-8-3-9-20(11-10-19)16-7-6-15-17(21)12-13-4-2-5-14(16)18(13)15/h2,4-7H,3,8-12H2,1H3. The first kappa shape index (κ1) is 12.8. The van der Waals surface area contributed by atoms with Crippen LogP contribution in [0.4, 0.5) is 5.69 Å². The van der Waals surface area contributed by atoms with E-state index in [0.717, 1.165) is 31.7 Å². The van der Waals surface area contributed by atoms with E-state index in [1.54, 1.807) is 0 Å². The Labute approximate surface area is 125 Å². The number of benzene rings is 2. The number of hydrogen-bond acceptors (Lipinski definition) is 3. The van der Waals surface area contributed by atoms with E-state index in [2.05, 4.69) is 41.1 Å². The lowest BCUT2D eigenvalue weighted by Crippen LogP contribution is -2.28. The van der Waals surface area contributed by atoms with E-state index in [0.29, 0.717) is 6.42 Å². The Morgan fingerprint density at radius 2 is 1.90 bits per heavy atom. The molecule has 3 heteroatoms. The third-order valence-corrected chi connectivity index (χ3v) is 4.82. The summed E-state index contributed by atoms with van der Waals surface area (Å²) < 4.78 is 0. The summed E-state index contributed by atoms with van der Waals surface area (Å²) in [6.07, 6.45) is 1.76. The number of carbonyl (C=O) groups is 1. The first-order valence-electron chi connectivity index (χ1n) is 7.75. The Bertz CT molecular complexity index is 722. The molecule has 3 nitrogen and oxygen atoms in total. The molecule has 0 atom stereocenters. The summed E-state index contributed by atoms with van der Waals surface area (Å²) in [6.45, 7) is 4.41. The molecule has 0 aromatic heterocycles. The van der Waals surface area contributed by atoms with E-state index in [4.69, 9.17) is 0 Å². The topological polar surface area (TPSA) is 23.6 Å². The number of likely N-dealkylation sites (N-methyl/N-ethyl adjacent to an activating group) is 1. The summed E-state index contributed by atoms with van der Waals surface area (Å²) in [5.74, 6) is 0.267. The highest BCUT2D eigenvalue weighted by Crippen LogP contribution is 2.36. The van der Waals surface area contributed by atoms with Crippen LogP contribution in [0.5, 0.6) is 0 Å². The minimum absolute atomic E-state index is 0.267. The maximum Gasteiger partial charge on any atom is 0.167 e. The first-order valence-corrected chi connectivity index (χ1v) is 7.75. The molecule has 2 aromatic carbocycles. The fourth-order valence-electron chi connectivity index (χ4n) is 3.68. The van der Waals surface area contributed by atoms with E-state index in [1.165, 1.54) is 28.4 Å². The van der Waals surface area contributed by atoms with Crippen LogP contribution >= 0.6 is 0 Å². The molecule has 1 saturated heterocycles. The van der Waals surface area contributed by atoms with Crippen molar-refractivity contribution < 1.29 is 4.79 Å². The van der Waals surface area contributed by atoms with Crippen molar-refractivity contribution in [1.82, 2.24) is 4.90 Å². The Balaban J connectivity index is 1.84. The molecule has 0 radical (unpaired) electrons. The Kier molecular flexibility index (Phi) is 2.96. The summed E-state index contributed by atoms with van der Waals surface area (Å²) in [6, 6.07) is 10.5. The Hall–Kier alpha value is -1.87. The minimum Gasteiger partial charge on any atom is -0.370 e. The normalized spacial score (nSPS) is 19.3. The fraction of sp³-hybridized carbons (Fsp3) is 0.389. The van der Waals surface area contributed by atoms with Crippen LogP contribution in [0.3, 0.4) is 0 Å². The Morgan fingerprint density at radius 3 is 2.81 bits per heavy atom. The summed E-state index contributed by atoms with van der Waals surface area (Å²) in [7, 11) is 2.19. The zero-order valence-corrected chi connectivity index (χ0v) is 12.4. The van der Waals surface area contributed by atoms with Gasteiger partial charge in [-0.25, -0.2) is 0 Å². The van der Waals surface area contributed by atoms with Gasteiger partial charge in [0, 0.05) is 42.7 Å². The SMILES string of the molecule is CN1CCCN(c2ccc3c4c(cccc24)CC3=O)CC1. The minimum atomic E-state index is 0.267. The van der Waals surface area contributed by atoms with E-state index < -0.39 is 0 Å². The zero-order valence-electron chi connectivity index (χ0n) is 12.4. The molecule has 0 spiro atoms. The van der Waals surface area contributed by atoms with Crippen LogP contribution in [0.25, 0.3) is 10.8 Å². The summed E-state index contributed by atoms with van der Waals surface area (Å²) in [5, 5.41) is 2.44.